The van der Waals surface area contributed by atoms with E-state index in [0.29, 0.717) is 12.5 Å². The lowest BCUT2D eigenvalue weighted by Crippen LogP contribution is -2.27. The molecule has 1 atom stereocenters. The van der Waals surface area contributed by atoms with E-state index < -0.39 is 0 Å². The summed E-state index contributed by atoms with van der Waals surface area (Å²) in [6, 6.07) is 2.52. The molecular weight excluding hydrogens is 190 g/mol. The Morgan fingerprint density at radius 2 is 2.47 bits per heavy atom. The summed E-state index contributed by atoms with van der Waals surface area (Å²) >= 11 is 0. The van der Waals surface area contributed by atoms with Crippen molar-refractivity contribution in [3.63, 3.8) is 0 Å². The fourth-order valence-electron chi connectivity index (χ4n) is 2.15. The van der Waals surface area contributed by atoms with Gasteiger partial charge in [0.25, 0.3) is 0 Å². The Kier molecular flexibility index (Phi) is 3.38. The summed E-state index contributed by atoms with van der Waals surface area (Å²) in [4.78, 5) is 0. The van der Waals surface area contributed by atoms with Crippen LogP contribution in [0.1, 0.15) is 36.7 Å². The molecule has 1 aliphatic rings. The van der Waals surface area contributed by atoms with Crippen LogP contribution in [0.25, 0.3) is 0 Å². The molecule has 2 rings (SSSR count). The van der Waals surface area contributed by atoms with E-state index in [4.69, 9.17) is 5.11 Å². The third-order valence-electron chi connectivity index (χ3n) is 3.03. The molecule has 0 aliphatic carbocycles. The van der Waals surface area contributed by atoms with Gasteiger partial charge >= 0.3 is 0 Å². The Hall–Kier alpha value is -0.870. The number of aliphatic hydroxyl groups is 1. The number of aromatic nitrogens is 2. The molecule has 15 heavy (non-hydrogen) atoms. The second-order valence-electron chi connectivity index (χ2n) is 4.16. The molecule has 1 aliphatic heterocycles. The van der Waals surface area contributed by atoms with Crippen molar-refractivity contribution >= 4 is 0 Å². The third kappa shape index (κ3) is 2.38. The number of aliphatic hydroxyl groups excluding tert-OH is 1. The SMILES string of the molecule is Cn1nc([C@@H]2CCCCN2)cc1CCO. The lowest BCUT2D eigenvalue weighted by Gasteiger charge is -2.21. The third-order valence-corrected chi connectivity index (χ3v) is 3.03. The van der Waals surface area contributed by atoms with Crippen molar-refractivity contribution in [2.45, 2.75) is 31.7 Å². The number of rotatable bonds is 3. The number of nitrogens with one attached hydrogen (secondary N) is 1. The highest BCUT2D eigenvalue weighted by molar-refractivity contribution is 5.14. The van der Waals surface area contributed by atoms with E-state index in [2.05, 4.69) is 16.5 Å². The largest absolute Gasteiger partial charge is 0.396 e. The molecule has 4 heteroatoms. The van der Waals surface area contributed by atoms with Crippen LogP contribution in [0.3, 0.4) is 0 Å². The van der Waals surface area contributed by atoms with Crippen molar-refractivity contribution in [2.75, 3.05) is 13.2 Å². The van der Waals surface area contributed by atoms with Gasteiger partial charge in [-0.2, -0.15) is 5.10 Å². The van der Waals surface area contributed by atoms with E-state index in [9.17, 15) is 0 Å². The lowest BCUT2D eigenvalue weighted by molar-refractivity contribution is 0.296. The summed E-state index contributed by atoms with van der Waals surface area (Å²) in [5.74, 6) is 0. The molecule has 0 bridgehead atoms. The summed E-state index contributed by atoms with van der Waals surface area (Å²) < 4.78 is 1.88. The highest BCUT2D eigenvalue weighted by Crippen LogP contribution is 2.22. The van der Waals surface area contributed by atoms with Crippen molar-refractivity contribution in [1.82, 2.24) is 15.1 Å². The van der Waals surface area contributed by atoms with Gasteiger partial charge < -0.3 is 10.4 Å². The average Bonchev–Trinajstić information content (AvgIpc) is 2.63. The molecule has 0 saturated carbocycles. The molecule has 1 aromatic heterocycles. The minimum atomic E-state index is 0.192. The molecule has 0 radical (unpaired) electrons. The Balaban J connectivity index is 2.10. The normalized spacial score (nSPS) is 21.9. The quantitative estimate of drug-likeness (QED) is 0.773. The van der Waals surface area contributed by atoms with E-state index in [1.807, 2.05) is 11.7 Å². The van der Waals surface area contributed by atoms with E-state index in [0.717, 1.165) is 17.9 Å². The predicted octanol–water partition coefficient (Wildman–Crippen LogP) is 0.769. The van der Waals surface area contributed by atoms with Gasteiger partial charge in [-0.1, -0.05) is 6.42 Å². The summed E-state index contributed by atoms with van der Waals surface area (Å²) in [6.45, 7) is 1.29. The molecule has 2 N–H and O–H groups in total. The molecule has 0 unspecified atom stereocenters. The van der Waals surface area contributed by atoms with Gasteiger partial charge in [0.05, 0.1) is 11.7 Å². The number of piperidine rings is 1. The molecule has 0 amide bonds. The van der Waals surface area contributed by atoms with Crippen molar-refractivity contribution in [1.29, 1.82) is 0 Å². The van der Waals surface area contributed by atoms with Crippen LogP contribution in [0.2, 0.25) is 0 Å². The number of hydrogen-bond acceptors (Lipinski definition) is 3. The maximum atomic E-state index is 8.91. The molecule has 0 aromatic carbocycles. The van der Waals surface area contributed by atoms with E-state index >= 15 is 0 Å². The second kappa shape index (κ2) is 4.77. The van der Waals surface area contributed by atoms with Gasteiger partial charge in [0.2, 0.25) is 0 Å². The highest BCUT2D eigenvalue weighted by Gasteiger charge is 2.18. The first kappa shape index (κ1) is 10.6. The van der Waals surface area contributed by atoms with Gasteiger partial charge in [-0.15, -0.1) is 0 Å². The fourth-order valence-corrected chi connectivity index (χ4v) is 2.15. The van der Waals surface area contributed by atoms with Crippen LogP contribution >= 0.6 is 0 Å². The van der Waals surface area contributed by atoms with Crippen LogP contribution in [-0.4, -0.2) is 28.0 Å². The summed E-state index contributed by atoms with van der Waals surface area (Å²) in [5, 5.41) is 16.9. The Morgan fingerprint density at radius 1 is 1.60 bits per heavy atom. The van der Waals surface area contributed by atoms with Crippen LogP contribution in [0, 0.1) is 0 Å². The smallest absolute Gasteiger partial charge is 0.0796 e. The minimum absolute atomic E-state index is 0.192. The maximum absolute atomic E-state index is 8.91. The molecule has 1 aromatic rings. The summed E-state index contributed by atoms with van der Waals surface area (Å²) in [5.41, 5.74) is 2.24. The lowest BCUT2D eigenvalue weighted by atomic mass is 10.0. The van der Waals surface area contributed by atoms with Gasteiger partial charge in [-0.05, 0) is 25.5 Å². The van der Waals surface area contributed by atoms with Crippen LogP contribution in [-0.2, 0) is 13.5 Å². The number of hydrogen-bond donors (Lipinski definition) is 2. The molecular formula is C11H19N3O. The van der Waals surface area contributed by atoms with Crippen molar-refractivity contribution in [3.8, 4) is 0 Å². The first-order chi connectivity index (χ1) is 7.31. The predicted molar refractivity (Wildman–Crippen MR) is 58.6 cm³/mol. The molecule has 1 fully saturated rings. The molecule has 84 valence electrons. The fraction of sp³-hybridized carbons (Fsp3) is 0.727. The Bertz CT molecular complexity index is 316. The standard InChI is InChI=1S/C11H19N3O/c1-14-9(5-7-15)8-11(13-14)10-4-2-3-6-12-10/h8,10,12,15H,2-7H2,1H3/t10-/m0/s1. The zero-order chi connectivity index (χ0) is 10.7. The Labute approximate surface area is 90.3 Å². The zero-order valence-corrected chi connectivity index (χ0v) is 9.24. The summed E-state index contributed by atoms with van der Waals surface area (Å²) in [6.07, 6.45) is 4.42. The molecule has 1 saturated heterocycles. The number of aryl methyl sites for hydroxylation is 1. The van der Waals surface area contributed by atoms with Crippen molar-refractivity contribution in [3.05, 3.63) is 17.5 Å². The first-order valence-electron chi connectivity index (χ1n) is 5.68. The zero-order valence-electron chi connectivity index (χ0n) is 9.24. The van der Waals surface area contributed by atoms with Crippen LogP contribution in [0.4, 0.5) is 0 Å². The van der Waals surface area contributed by atoms with Crippen LogP contribution in [0.15, 0.2) is 6.07 Å². The highest BCUT2D eigenvalue weighted by atomic mass is 16.3. The van der Waals surface area contributed by atoms with E-state index in [1.54, 1.807) is 0 Å². The monoisotopic (exact) mass is 209 g/mol. The summed E-state index contributed by atoms with van der Waals surface area (Å²) in [7, 11) is 1.94. The minimum Gasteiger partial charge on any atom is -0.396 e. The van der Waals surface area contributed by atoms with Gasteiger partial charge in [0.1, 0.15) is 0 Å². The average molecular weight is 209 g/mol. The van der Waals surface area contributed by atoms with Crippen molar-refractivity contribution in [2.24, 2.45) is 7.05 Å². The number of nitrogens with zero attached hydrogens (tertiary/aromatic N) is 2. The second-order valence-corrected chi connectivity index (χ2v) is 4.16. The van der Waals surface area contributed by atoms with Gasteiger partial charge in [-0.3, -0.25) is 4.68 Å². The van der Waals surface area contributed by atoms with E-state index in [-0.39, 0.29) is 6.61 Å². The van der Waals surface area contributed by atoms with Crippen LogP contribution in [0.5, 0.6) is 0 Å². The topological polar surface area (TPSA) is 50.1 Å². The maximum Gasteiger partial charge on any atom is 0.0796 e. The molecule has 0 spiro atoms. The molecule has 4 nitrogen and oxygen atoms in total. The van der Waals surface area contributed by atoms with Crippen molar-refractivity contribution < 1.29 is 5.11 Å². The molecule has 2 heterocycles. The first-order valence-corrected chi connectivity index (χ1v) is 5.68. The van der Waals surface area contributed by atoms with Gasteiger partial charge in [-0.25, -0.2) is 0 Å². The Morgan fingerprint density at radius 3 is 3.13 bits per heavy atom. The van der Waals surface area contributed by atoms with Gasteiger partial charge in [0.15, 0.2) is 0 Å². The van der Waals surface area contributed by atoms with E-state index in [1.165, 1.54) is 19.3 Å². The van der Waals surface area contributed by atoms with Crippen LogP contribution < -0.4 is 5.32 Å². The van der Waals surface area contributed by atoms with Gasteiger partial charge in [0, 0.05) is 25.8 Å².